The Labute approximate surface area is 93.8 Å². The van der Waals surface area contributed by atoms with Gasteiger partial charge >= 0.3 is 6.18 Å². The Bertz CT molecular complexity index is 509. The number of carbonyl (C=O) groups excluding carboxylic acids is 1. The highest BCUT2D eigenvalue weighted by Gasteiger charge is 2.34. The molecule has 0 atom stereocenters. The maximum Gasteiger partial charge on any atom is 0.419 e. The summed E-state index contributed by atoms with van der Waals surface area (Å²) in [6.07, 6.45) is -4.65. The summed E-state index contributed by atoms with van der Waals surface area (Å²) in [5, 5.41) is 11.4. The van der Waals surface area contributed by atoms with Gasteiger partial charge in [-0.1, -0.05) is 0 Å². The van der Waals surface area contributed by atoms with Crippen LogP contribution in [0.25, 0.3) is 0 Å². The van der Waals surface area contributed by atoms with Crippen LogP contribution < -0.4 is 5.32 Å². The number of aromatic hydroxyl groups is 1. The average Bonchev–Trinajstić information content (AvgIpc) is 2.64. The summed E-state index contributed by atoms with van der Waals surface area (Å²) in [6, 6.07) is 2.93. The third-order valence-corrected chi connectivity index (χ3v) is 2.21. The topological polar surface area (TPSA) is 61.7 Å². The molecule has 0 bridgehead atoms. The van der Waals surface area contributed by atoms with Gasteiger partial charge in [0.1, 0.15) is 18.1 Å². The van der Waals surface area contributed by atoms with Crippen LogP contribution in [0.3, 0.4) is 0 Å². The molecule has 0 spiro atoms. The van der Waals surface area contributed by atoms with Gasteiger partial charge < -0.3 is 10.4 Å². The van der Waals surface area contributed by atoms with Gasteiger partial charge in [-0.15, -0.1) is 0 Å². The fraction of sp³-hybridized carbons (Fsp3) is 0.200. The average molecular weight is 244 g/mol. The summed E-state index contributed by atoms with van der Waals surface area (Å²) >= 11 is 0. The molecule has 1 heterocycles. The van der Waals surface area contributed by atoms with E-state index in [1.807, 2.05) is 0 Å². The molecule has 2 rings (SSSR count). The summed E-state index contributed by atoms with van der Waals surface area (Å²) in [5.41, 5.74) is -1.04. The van der Waals surface area contributed by atoms with Crippen LogP contribution in [0.2, 0.25) is 0 Å². The van der Waals surface area contributed by atoms with Crippen molar-refractivity contribution in [3.05, 3.63) is 29.3 Å². The second kappa shape index (κ2) is 3.76. The number of nitrogens with one attached hydrogen (secondary N) is 1. The first kappa shape index (κ1) is 11.4. The highest BCUT2D eigenvalue weighted by atomic mass is 19.4. The molecule has 0 aromatic heterocycles. The van der Waals surface area contributed by atoms with Crippen molar-refractivity contribution in [3.8, 4) is 5.75 Å². The number of benzene rings is 1. The van der Waals surface area contributed by atoms with E-state index in [1.165, 1.54) is 6.07 Å². The maximum atomic E-state index is 12.5. The number of aliphatic imine (C=N–C) groups is 1. The molecule has 1 amide bonds. The van der Waals surface area contributed by atoms with Gasteiger partial charge in [0.25, 0.3) is 0 Å². The largest absolute Gasteiger partial charge is 0.507 e. The molecule has 1 aliphatic rings. The summed E-state index contributed by atoms with van der Waals surface area (Å²) in [7, 11) is 0. The molecule has 0 aliphatic carbocycles. The van der Waals surface area contributed by atoms with Crippen molar-refractivity contribution in [1.82, 2.24) is 5.32 Å². The summed E-state index contributed by atoms with van der Waals surface area (Å²) in [5.74, 6) is -1.15. The molecule has 1 aromatic rings. The molecule has 90 valence electrons. The number of phenolic OH excluding ortho intramolecular Hbond substituents is 1. The summed E-state index contributed by atoms with van der Waals surface area (Å²) in [4.78, 5) is 14.6. The van der Waals surface area contributed by atoms with Crippen LogP contribution in [0.4, 0.5) is 13.2 Å². The van der Waals surface area contributed by atoms with Crippen molar-refractivity contribution in [2.75, 3.05) is 6.54 Å². The van der Waals surface area contributed by atoms with Gasteiger partial charge in [0.2, 0.25) is 5.91 Å². The number of hydrogen-bond donors (Lipinski definition) is 2. The van der Waals surface area contributed by atoms with E-state index in [1.54, 1.807) is 0 Å². The molecule has 2 N–H and O–H groups in total. The number of amides is 1. The molecular formula is C10H7F3N2O2. The Morgan fingerprint density at radius 3 is 2.59 bits per heavy atom. The van der Waals surface area contributed by atoms with Crippen molar-refractivity contribution in [3.63, 3.8) is 0 Å². The van der Waals surface area contributed by atoms with Crippen LogP contribution in [0, 0.1) is 0 Å². The normalized spacial score (nSPS) is 15.7. The van der Waals surface area contributed by atoms with Gasteiger partial charge in [0.05, 0.1) is 5.56 Å². The predicted octanol–water partition coefficient (Wildman–Crippen LogP) is 1.29. The Morgan fingerprint density at radius 1 is 1.35 bits per heavy atom. The number of alkyl halides is 3. The summed E-state index contributed by atoms with van der Waals surface area (Å²) in [6.45, 7) is -0.0996. The van der Waals surface area contributed by atoms with Crippen molar-refractivity contribution >= 4 is 11.7 Å². The van der Waals surface area contributed by atoms with Crippen molar-refractivity contribution in [2.24, 2.45) is 4.99 Å². The Kier molecular flexibility index (Phi) is 2.53. The molecule has 7 heteroatoms. The first-order valence-corrected chi connectivity index (χ1v) is 4.63. The van der Waals surface area contributed by atoms with Crippen molar-refractivity contribution in [2.45, 2.75) is 6.18 Å². The molecule has 4 nitrogen and oxygen atoms in total. The van der Waals surface area contributed by atoms with E-state index in [9.17, 15) is 18.0 Å². The third-order valence-electron chi connectivity index (χ3n) is 2.21. The fourth-order valence-corrected chi connectivity index (χ4v) is 1.44. The smallest absolute Gasteiger partial charge is 0.419 e. The van der Waals surface area contributed by atoms with Crippen molar-refractivity contribution in [1.29, 1.82) is 0 Å². The van der Waals surface area contributed by atoms with E-state index in [0.29, 0.717) is 0 Å². The molecule has 1 aliphatic heterocycles. The van der Waals surface area contributed by atoms with Crippen LogP contribution in [-0.4, -0.2) is 23.4 Å². The number of phenols is 1. The van der Waals surface area contributed by atoms with Gasteiger partial charge in [-0.3, -0.25) is 9.79 Å². The van der Waals surface area contributed by atoms with E-state index in [0.717, 1.165) is 12.1 Å². The Hall–Kier alpha value is -2.05. The molecule has 0 fully saturated rings. The van der Waals surface area contributed by atoms with Gasteiger partial charge in [0, 0.05) is 5.56 Å². The van der Waals surface area contributed by atoms with E-state index < -0.39 is 17.5 Å². The van der Waals surface area contributed by atoms with Gasteiger partial charge in [-0.2, -0.15) is 13.2 Å². The van der Waals surface area contributed by atoms with Crippen LogP contribution in [0.5, 0.6) is 5.75 Å². The lowest BCUT2D eigenvalue weighted by Crippen LogP contribution is -2.25. The van der Waals surface area contributed by atoms with E-state index in [2.05, 4.69) is 10.3 Å². The minimum absolute atomic E-state index is 0.0838. The lowest BCUT2D eigenvalue weighted by molar-refractivity contribution is -0.138. The molecule has 0 saturated heterocycles. The summed E-state index contributed by atoms with van der Waals surface area (Å²) < 4.78 is 37.5. The molecule has 0 saturated carbocycles. The number of nitrogens with zero attached hydrogens (tertiary/aromatic N) is 1. The molecular weight excluding hydrogens is 237 g/mol. The standard InChI is InChI=1S/C10H7F3N2O2/c11-10(12,13)6-3-5(1-2-7(6)16)9-14-4-8(17)15-9/h1-3,16H,4H2,(H,14,15,17). The molecule has 0 radical (unpaired) electrons. The number of amidine groups is 1. The number of halogens is 3. The molecule has 17 heavy (non-hydrogen) atoms. The highest BCUT2D eigenvalue weighted by Crippen LogP contribution is 2.36. The van der Waals surface area contributed by atoms with Crippen molar-refractivity contribution < 1.29 is 23.1 Å². The van der Waals surface area contributed by atoms with Crippen LogP contribution in [0.1, 0.15) is 11.1 Å². The Balaban J connectivity index is 2.42. The lowest BCUT2D eigenvalue weighted by Gasteiger charge is -2.10. The quantitative estimate of drug-likeness (QED) is 0.781. The fourth-order valence-electron chi connectivity index (χ4n) is 1.44. The van der Waals surface area contributed by atoms with Gasteiger partial charge in [0.15, 0.2) is 0 Å². The van der Waals surface area contributed by atoms with Crippen LogP contribution in [-0.2, 0) is 11.0 Å². The third kappa shape index (κ3) is 2.22. The van der Waals surface area contributed by atoms with Crippen LogP contribution in [0.15, 0.2) is 23.2 Å². The first-order valence-electron chi connectivity index (χ1n) is 4.63. The van der Waals surface area contributed by atoms with E-state index in [-0.39, 0.29) is 23.9 Å². The number of rotatable bonds is 1. The van der Waals surface area contributed by atoms with E-state index >= 15 is 0 Å². The van der Waals surface area contributed by atoms with E-state index in [4.69, 9.17) is 5.11 Å². The minimum Gasteiger partial charge on any atom is -0.507 e. The zero-order valence-electron chi connectivity index (χ0n) is 8.38. The second-order valence-corrected chi connectivity index (χ2v) is 3.44. The highest BCUT2D eigenvalue weighted by molar-refractivity contribution is 6.12. The zero-order valence-corrected chi connectivity index (χ0v) is 8.38. The van der Waals surface area contributed by atoms with Gasteiger partial charge in [-0.05, 0) is 18.2 Å². The Morgan fingerprint density at radius 2 is 2.06 bits per heavy atom. The second-order valence-electron chi connectivity index (χ2n) is 3.44. The monoisotopic (exact) mass is 244 g/mol. The zero-order chi connectivity index (χ0) is 12.6. The maximum absolute atomic E-state index is 12.5. The number of carbonyl (C=O) groups is 1. The SMILES string of the molecule is O=C1CN=C(c2ccc(O)c(C(F)(F)F)c2)N1. The number of hydrogen-bond acceptors (Lipinski definition) is 3. The first-order chi connectivity index (χ1) is 7.88. The van der Waals surface area contributed by atoms with Gasteiger partial charge in [-0.25, -0.2) is 0 Å². The minimum atomic E-state index is -4.65. The predicted molar refractivity (Wildman–Crippen MR) is 52.7 cm³/mol. The van der Waals surface area contributed by atoms with Crippen LogP contribution >= 0.6 is 0 Å². The lowest BCUT2D eigenvalue weighted by atomic mass is 10.1. The molecule has 0 unspecified atom stereocenters. The molecule has 1 aromatic carbocycles.